The second-order valence-electron chi connectivity index (χ2n) is 4.41. The van der Waals surface area contributed by atoms with Gasteiger partial charge in [0.2, 0.25) is 11.8 Å². The van der Waals surface area contributed by atoms with Gasteiger partial charge in [-0.15, -0.1) is 11.6 Å². The Morgan fingerprint density at radius 3 is 2.80 bits per heavy atom. The first-order valence-corrected chi connectivity index (χ1v) is 5.63. The molecular formula is C10H17ClN2O2. The highest BCUT2D eigenvalue weighted by molar-refractivity contribution is 6.19. The van der Waals surface area contributed by atoms with Gasteiger partial charge in [-0.05, 0) is 13.8 Å². The second kappa shape index (κ2) is 4.84. The molecule has 1 rings (SSSR count). The molecular weight excluding hydrogens is 216 g/mol. The topological polar surface area (TPSA) is 49.4 Å². The summed E-state index contributed by atoms with van der Waals surface area (Å²) in [5.74, 6) is 0.326. The number of alkyl halides is 1. The van der Waals surface area contributed by atoms with E-state index < -0.39 is 5.41 Å². The summed E-state index contributed by atoms with van der Waals surface area (Å²) in [6, 6.07) is 0. The number of carbonyl (C=O) groups is 2. The monoisotopic (exact) mass is 232 g/mol. The van der Waals surface area contributed by atoms with Crippen LogP contribution in [0.4, 0.5) is 0 Å². The van der Waals surface area contributed by atoms with Gasteiger partial charge >= 0.3 is 0 Å². The van der Waals surface area contributed by atoms with Gasteiger partial charge in [0.1, 0.15) is 0 Å². The van der Waals surface area contributed by atoms with Crippen LogP contribution in [-0.4, -0.2) is 42.2 Å². The van der Waals surface area contributed by atoms with Crippen molar-refractivity contribution in [2.45, 2.75) is 20.3 Å². The van der Waals surface area contributed by atoms with Crippen LogP contribution in [-0.2, 0) is 9.59 Å². The summed E-state index contributed by atoms with van der Waals surface area (Å²) >= 11 is 5.75. The van der Waals surface area contributed by atoms with Crippen molar-refractivity contribution in [1.29, 1.82) is 0 Å². The average molecular weight is 233 g/mol. The van der Waals surface area contributed by atoms with Crippen LogP contribution in [0.1, 0.15) is 20.3 Å². The molecule has 1 N–H and O–H groups in total. The molecule has 0 aromatic heterocycles. The van der Waals surface area contributed by atoms with E-state index in [4.69, 9.17) is 11.6 Å². The van der Waals surface area contributed by atoms with Crippen molar-refractivity contribution in [3.63, 3.8) is 0 Å². The number of hydrogen-bond acceptors (Lipinski definition) is 2. The zero-order valence-electron chi connectivity index (χ0n) is 9.18. The van der Waals surface area contributed by atoms with Crippen LogP contribution in [0.2, 0.25) is 0 Å². The molecule has 1 aliphatic heterocycles. The number of hydrogen-bond donors (Lipinski definition) is 1. The van der Waals surface area contributed by atoms with Crippen LogP contribution in [0, 0.1) is 5.41 Å². The van der Waals surface area contributed by atoms with Gasteiger partial charge in [0.15, 0.2) is 0 Å². The number of rotatable bonds is 2. The molecule has 0 radical (unpaired) electrons. The van der Waals surface area contributed by atoms with Gasteiger partial charge in [-0.2, -0.15) is 0 Å². The molecule has 0 aromatic rings. The van der Waals surface area contributed by atoms with Gasteiger partial charge < -0.3 is 10.2 Å². The van der Waals surface area contributed by atoms with Crippen LogP contribution in [0.3, 0.4) is 0 Å². The molecule has 0 unspecified atom stereocenters. The number of carbonyl (C=O) groups excluding carboxylic acids is 2. The molecule has 0 spiro atoms. The molecule has 15 heavy (non-hydrogen) atoms. The molecule has 1 saturated heterocycles. The summed E-state index contributed by atoms with van der Waals surface area (Å²) in [5, 5.41) is 2.73. The van der Waals surface area contributed by atoms with E-state index in [0.29, 0.717) is 31.9 Å². The van der Waals surface area contributed by atoms with Crippen molar-refractivity contribution < 1.29 is 9.59 Å². The molecule has 1 heterocycles. The van der Waals surface area contributed by atoms with Crippen LogP contribution in [0.25, 0.3) is 0 Å². The van der Waals surface area contributed by atoms with E-state index >= 15 is 0 Å². The Hall–Kier alpha value is -0.770. The minimum atomic E-state index is -0.547. The second-order valence-corrected chi connectivity index (χ2v) is 4.68. The molecule has 0 bridgehead atoms. The molecule has 2 amide bonds. The maximum Gasteiger partial charge on any atom is 0.229 e. The maximum absolute atomic E-state index is 12.0. The smallest absolute Gasteiger partial charge is 0.229 e. The highest BCUT2D eigenvalue weighted by atomic mass is 35.5. The molecule has 86 valence electrons. The molecule has 4 nitrogen and oxygen atoms in total. The van der Waals surface area contributed by atoms with Gasteiger partial charge in [0, 0.05) is 31.9 Å². The van der Waals surface area contributed by atoms with Crippen molar-refractivity contribution in [2.75, 3.05) is 25.5 Å². The summed E-state index contributed by atoms with van der Waals surface area (Å²) in [4.78, 5) is 24.8. The molecule has 0 atom stereocenters. The molecule has 1 aliphatic rings. The summed E-state index contributed by atoms with van der Waals surface area (Å²) in [7, 11) is 0. The van der Waals surface area contributed by atoms with Crippen molar-refractivity contribution in [3.8, 4) is 0 Å². The third-order valence-electron chi connectivity index (χ3n) is 2.51. The quantitative estimate of drug-likeness (QED) is 0.709. The van der Waals surface area contributed by atoms with Gasteiger partial charge in [0.25, 0.3) is 0 Å². The Morgan fingerprint density at radius 1 is 1.53 bits per heavy atom. The minimum Gasteiger partial charge on any atom is -0.354 e. The maximum atomic E-state index is 12.0. The summed E-state index contributed by atoms with van der Waals surface area (Å²) in [6.45, 7) is 5.24. The largest absolute Gasteiger partial charge is 0.354 e. The highest BCUT2D eigenvalue weighted by Crippen LogP contribution is 2.21. The minimum absolute atomic E-state index is 0.00831. The summed E-state index contributed by atoms with van der Waals surface area (Å²) in [6.07, 6.45) is 0.379. The number of amides is 2. The van der Waals surface area contributed by atoms with Gasteiger partial charge in [-0.25, -0.2) is 0 Å². The molecule has 0 saturated carbocycles. The Kier molecular flexibility index (Phi) is 3.97. The Morgan fingerprint density at radius 2 is 2.20 bits per heavy atom. The molecule has 1 fully saturated rings. The normalized spacial score (nSPS) is 18.3. The SMILES string of the molecule is CC(C)(CCl)C(=O)N1CCNC(=O)CC1. The van der Waals surface area contributed by atoms with Crippen molar-refractivity contribution in [3.05, 3.63) is 0 Å². The van der Waals surface area contributed by atoms with E-state index in [1.165, 1.54) is 0 Å². The van der Waals surface area contributed by atoms with E-state index in [1.807, 2.05) is 13.8 Å². The lowest BCUT2D eigenvalue weighted by Gasteiger charge is -2.29. The number of nitrogens with one attached hydrogen (secondary N) is 1. The van der Waals surface area contributed by atoms with E-state index in [0.717, 1.165) is 0 Å². The van der Waals surface area contributed by atoms with E-state index in [9.17, 15) is 9.59 Å². The number of halogens is 1. The average Bonchev–Trinajstić information content (AvgIpc) is 2.42. The fraction of sp³-hybridized carbons (Fsp3) is 0.800. The summed E-state index contributed by atoms with van der Waals surface area (Å²) in [5.41, 5.74) is -0.547. The molecule has 0 aromatic carbocycles. The zero-order chi connectivity index (χ0) is 11.5. The first-order chi connectivity index (χ1) is 6.97. The van der Waals surface area contributed by atoms with Gasteiger partial charge in [0.05, 0.1) is 5.41 Å². The van der Waals surface area contributed by atoms with Crippen LogP contribution < -0.4 is 5.32 Å². The van der Waals surface area contributed by atoms with Crippen molar-refractivity contribution in [2.24, 2.45) is 5.41 Å². The van der Waals surface area contributed by atoms with E-state index in [2.05, 4.69) is 5.32 Å². The third-order valence-corrected chi connectivity index (χ3v) is 3.18. The van der Waals surface area contributed by atoms with Crippen LogP contribution in [0.5, 0.6) is 0 Å². The Balaban J connectivity index is 2.63. The Bertz CT molecular complexity index is 266. The van der Waals surface area contributed by atoms with Crippen LogP contribution in [0.15, 0.2) is 0 Å². The fourth-order valence-electron chi connectivity index (χ4n) is 1.46. The predicted molar refractivity (Wildman–Crippen MR) is 58.7 cm³/mol. The first-order valence-electron chi connectivity index (χ1n) is 5.09. The molecule has 5 heteroatoms. The Labute approximate surface area is 95.0 Å². The first kappa shape index (κ1) is 12.3. The lowest BCUT2D eigenvalue weighted by atomic mass is 9.94. The van der Waals surface area contributed by atoms with Crippen molar-refractivity contribution in [1.82, 2.24) is 10.2 Å². The van der Waals surface area contributed by atoms with Crippen molar-refractivity contribution >= 4 is 23.4 Å². The summed E-state index contributed by atoms with van der Waals surface area (Å²) < 4.78 is 0. The van der Waals surface area contributed by atoms with E-state index in [-0.39, 0.29) is 11.8 Å². The lowest BCUT2D eigenvalue weighted by Crippen LogP contribution is -2.43. The predicted octanol–water partition coefficient (Wildman–Crippen LogP) is 0.600. The third kappa shape index (κ3) is 3.09. The van der Waals surface area contributed by atoms with E-state index in [1.54, 1.807) is 4.90 Å². The zero-order valence-corrected chi connectivity index (χ0v) is 9.93. The fourth-order valence-corrected chi connectivity index (χ4v) is 1.57. The van der Waals surface area contributed by atoms with Gasteiger partial charge in [-0.3, -0.25) is 9.59 Å². The lowest BCUT2D eigenvalue weighted by molar-refractivity contribution is -0.139. The number of nitrogens with zero attached hydrogens (tertiary/aromatic N) is 1. The standard InChI is InChI=1S/C10H17ClN2O2/c1-10(2,7-11)9(15)13-5-3-8(14)12-4-6-13/h3-7H2,1-2H3,(H,12,14). The highest BCUT2D eigenvalue weighted by Gasteiger charge is 2.31. The van der Waals surface area contributed by atoms with Crippen LogP contribution >= 0.6 is 11.6 Å². The van der Waals surface area contributed by atoms with Gasteiger partial charge in [-0.1, -0.05) is 0 Å². The molecule has 0 aliphatic carbocycles.